The Morgan fingerprint density at radius 1 is 1.05 bits per heavy atom. The molecule has 12 nitrogen and oxygen atoms in total. The first kappa shape index (κ1) is 29.6. The Bertz CT molecular complexity index is 1150. The number of halogens is 1. The number of hydrogen-bond donors (Lipinski definition) is 2. The average Bonchev–Trinajstić information content (AvgIpc) is 2.87. The van der Waals surface area contributed by atoms with Gasteiger partial charge in [0.1, 0.15) is 0 Å². The molecule has 1 aliphatic rings. The van der Waals surface area contributed by atoms with Crippen LogP contribution in [0.15, 0.2) is 35.3 Å². The van der Waals surface area contributed by atoms with Crippen molar-refractivity contribution in [2.45, 2.75) is 19.5 Å². The van der Waals surface area contributed by atoms with Crippen LogP contribution in [0.1, 0.15) is 34.5 Å². The average molecular weight is 537 g/mol. The van der Waals surface area contributed by atoms with Gasteiger partial charge in [-0.3, -0.25) is 24.7 Å². The normalized spacial score (nSPS) is 14.7. The van der Waals surface area contributed by atoms with E-state index in [4.69, 9.17) is 25.7 Å². The van der Waals surface area contributed by atoms with Gasteiger partial charge in [-0.25, -0.2) is 0 Å². The van der Waals surface area contributed by atoms with Gasteiger partial charge in [-0.15, -0.1) is 12.4 Å². The molecule has 1 fully saturated rings. The summed E-state index contributed by atoms with van der Waals surface area (Å²) in [5.74, 6) is 0.669. The number of piperazine rings is 1. The summed E-state index contributed by atoms with van der Waals surface area (Å²) in [4.78, 5) is 31.3. The van der Waals surface area contributed by atoms with Crippen molar-refractivity contribution in [1.29, 1.82) is 0 Å². The van der Waals surface area contributed by atoms with Crippen LogP contribution < -0.4 is 25.7 Å². The molecule has 13 heteroatoms. The Morgan fingerprint density at radius 3 is 2.24 bits per heavy atom. The lowest BCUT2D eigenvalue weighted by atomic mass is 10.0. The molecule has 1 heterocycles. The molecule has 0 bridgehead atoms. The van der Waals surface area contributed by atoms with Crippen LogP contribution in [-0.4, -0.2) is 74.1 Å². The van der Waals surface area contributed by atoms with Crippen LogP contribution in [-0.2, 0) is 6.54 Å². The predicted octanol–water partition coefficient (Wildman–Crippen LogP) is 2.33. The number of carbonyl (C=O) groups excluding carboxylic acids is 1. The first-order valence-electron chi connectivity index (χ1n) is 11.4. The summed E-state index contributed by atoms with van der Waals surface area (Å²) in [5.41, 5.74) is 11.9. The second kappa shape index (κ2) is 13.1. The molecule has 1 saturated heterocycles. The first-order valence-corrected chi connectivity index (χ1v) is 11.4. The Labute approximate surface area is 221 Å². The van der Waals surface area contributed by atoms with Crippen LogP contribution in [0.4, 0.5) is 5.69 Å². The van der Waals surface area contributed by atoms with Crippen LogP contribution in [0.25, 0.3) is 0 Å². The van der Waals surface area contributed by atoms with E-state index in [1.807, 2.05) is 19.1 Å². The van der Waals surface area contributed by atoms with Crippen molar-refractivity contribution in [2.75, 3.05) is 47.5 Å². The lowest BCUT2D eigenvalue weighted by molar-refractivity contribution is -0.386. The molecule has 1 atom stereocenters. The minimum absolute atomic E-state index is 0. The Kier molecular flexibility index (Phi) is 10.5. The molecular weight excluding hydrogens is 504 g/mol. The number of nitro benzene ring substituents is 1. The summed E-state index contributed by atoms with van der Waals surface area (Å²) < 4.78 is 16.4. The van der Waals surface area contributed by atoms with Crippen LogP contribution in [0.5, 0.6) is 17.2 Å². The number of benzene rings is 2. The third-order valence-corrected chi connectivity index (χ3v) is 6.29. The molecule has 2 aromatic carbocycles. The number of aliphatic imine (C=N–C) groups is 1. The molecule has 1 aliphatic heterocycles. The summed E-state index contributed by atoms with van der Waals surface area (Å²) in [6.07, 6.45) is 0. The minimum Gasteiger partial charge on any atom is -0.493 e. The lowest BCUT2D eigenvalue weighted by Crippen LogP contribution is -2.46. The van der Waals surface area contributed by atoms with E-state index in [2.05, 4.69) is 14.8 Å². The number of rotatable bonds is 9. The zero-order valence-corrected chi connectivity index (χ0v) is 22.1. The van der Waals surface area contributed by atoms with Crippen molar-refractivity contribution in [2.24, 2.45) is 16.5 Å². The van der Waals surface area contributed by atoms with Crippen molar-refractivity contribution in [3.05, 3.63) is 57.1 Å². The molecule has 0 spiro atoms. The lowest BCUT2D eigenvalue weighted by Gasteiger charge is -2.38. The number of carbonyl (C=O) groups is 1. The number of nitro groups is 1. The van der Waals surface area contributed by atoms with Crippen molar-refractivity contribution in [3.8, 4) is 17.2 Å². The summed E-state index contributed by atoms with van der Waals surface area (Å²) in [6.45, 7) is 5.53. The summed E-state index contributed by atoms with van der Waals surface area (Å²) in [5, 5.41) is 11.8. The quantitative estimate of drug-likeness (QED) is 0.211. The van der Waals surface area contributed by atoms with Crippen molar-refractivity contribution >= 4 is 30.0 Å². The van der Waals surface area contributed by atoms with Crippen molar-refractivity contribution in [3.63, 3.8) is 0 Å². The van der Waals surface area contributed by atoms with Gasteiger partial charge < -0.3 is 25.7 Å². The van der Waals surface area contributed by atoms with E-state index in [0.29, 0.717) is 42.4 Å². The molecule has 0 saturated carbocycles. The fourth-order valence-corrected chi connectivity index (χ4v) is 4.40. The van der Waals surface area contributed by atoms with Gasteiger partial charge in [0.25, 0.3) is 11.6 Å². The van der Waals surface area contributed by atoms with Gasteiger partial charge in [0.05, 0.1) is 26.3 Å². The third-order valence-electron chi connectivity index (χ3n) is 6.29. The maximum Gasteiger partial charge on any atom is 0.280 e. The zero-order chi connectivity index (χ0) is 26.4. The number of methoxy groups -OCH3 is 3. The van der Waals surface area contributed by atoms with Gasteiger partial charge in [-0.2, -0.15) is 4.99 Å². The second-order valence-corrected chi connectivity index (χ2v) is 8.35. The standard InChI is InChI=1S/C24H32N6O6.ClH/c1-15(18-7-5-16(13-19(18)30(32)33)23(31)27-24(25)26)29-11-9-28(10-12-29)14-17-6-8-20(34-2)22(36-4)21(17)35-3;/h5-8,13,15H,9-12,14H2,1-4H3,(H4,25,26,27,31);1H. The van der Waals surface area contributed by atoms with Crippen LogP contribution in [0.2, 0.25) is 0 Å². The topological polar surface area (TPSA) is 159 Å². The maximum absolute atomic E-state index is 12.1. The van der Waals surface area contributed by atoms with Crippen LogP contribution in [0, 0.1) is 10.1 Å². The zero-order valence-electron chi connectivity index (χ0n) is 21.3. The van der Waals surface area contributed by atoms with Crippen molar-refractivity contribution in [1.82, 2.24) is 9.80 Å². The van der Waals surface area contributed by atoms with E-state index < -0.39 is 16.8 Å². The predicted molar refractivity (Wildman–Crippen MR) is 142 cm³/mol. The molecule has 1 amide bonds. The van der Waals surface area contributed by atoms with Gasteiger partial charge >= 0.3 is 0 Å². The highest BCUT2D eigenvalue weighted by Gasteiger charge is 2.28. The Balaban J connectivity index is 0.00000481. The van der Waals surface area contributed by atoms with Crippen molar-refractivity contribution < 1.29 is 23.9 Å². The van der Waals surface area contributed by atoms with Gasteiger partial charge in [-0.1, -0.05) is 6.07 Å². The van der Waals surface area contributed by atoms with E-state index in [1.165, 1.54) is 12.1 Å². The van der Waals surface area contributed by atoms with Crippen LogP contribution >= 0.6 is 12.4 Å². The first-order chi connectivity index (χ1) is 17.2. The maximum atomic E-state index is 12.1. The molecule has 0 aliphatic carbocycles. The minimum atomic E-state index is -0.725. The number of guanidine groups is 1. The largest absolute Gasteiger partial charge is 0.493 e. The molecule has 202 valence electrons. The molecule has 2 aromatic rings. The molecule has 37 heavy (non-hydrogen) atoms. The number of amides is 1. The van der Waals surface area contributed by atoms with Gasteiger partial charge in [0.2, 0.25) is 5.75 Å². The summed E-state index contributed by atoms with van der Waals surface area (Å²) >= 11 is 0. The Morgan fingerprint density at radius 2 is 1.70 bits per heavy atom. The van der Waals surface area contributed by atoms with E-state index in [9.17, 15) is 14.9 Å². The molecular formula is C24H33ClN6O6. The molecule has 0 radical (unpaired) electrons. The molecule has 1 unspecified atom stereocenters. The fraction of sp³-hybridized carbons (Fsp3) is 0.417. The number of hydrogen-bond acceptors (Lipinski definition) is 8. The monoisotopic (exact) mass is 536 g/mol. The van der Waals surface area contributed by atoms with Gasteiger partial charge in [0, 0.05) is 61.5 Å². The van der Waals surface area contributed by atoms with E-state index in [-0.39, 0.29) is 29.7 Å². The van der Waals surface area contributed by atoms with E-state index >= 15 is 0 Å². The van der Waals surface area contributed by atoms with Gasteiger partial charge in [0.15, 0.2) is 17.5 Å². The number of ether oxygens (including phenoxy) is 3. The summed E-state index contributed by atoms with van der Waals surface area (Å²) in [6, 6.07) is 7.92. The highest BCUT2D eigenvalue weighted by atomic mass is 35.5. The highest BCUT2D eigenvalue weighted by molar-refractivity contribution is 6.02. The van der Waals surface area contributed by atoms with E-state index in [0.717, 1.165) is 18.7 Å². The highest BCUT2D eigenvalue weighted by Crippen LogP contribution is 2.40. The van der Waals surface area contributed by atoms with Gasteiger partial charge in [-0.05, 0) is 25.1 Å². The summed E-state index contributed by atoms with van der Waals surface area (Å²) in [7, 11) is 4.76. The number of nitrogens with zero attached hydrogens (tertiary/aromatic N) is 4. The molecule has 0 aromatic heterocycles. The number of nitrogens with two attached hydrogens (primary N) is 2. The second-order valence-electron chi connectivity index (χ2n) is 8.35. The SMILES string of the molecule is COc1ccc(CN2CCN(C(C)c3ccc(C(=O)N=C(N)N)cc3[N+](=O)[O-])CC2)c(OC)c1OC.Cl. The smallest absolute Gasteiger partial charge is 0.280 e. The van der Waals surface area contributed by atoms with E-state index in [1.54, 1.807) is 27.4 Å². The Hall–Kier alpha value is -3.61. The molecule has 3 rings (SSSR count). The fourth-order valence-electron chi connectivity index (χ4n) is 4.40. The molecule has 4 N–H and O–H groups in total. The third kappa shape index (κ3) is 6.79. The van der Waals surface area contributed by atoms with Crippen LogP contribution in [0.3, 0.4) is 0 Å².